The SMILES string of the molecule is FC(F)(F)c1ccc(NCc2cccnn2)c(Br)c1. The van der Waals surface area contributed by atoms with Crippen molar-refractivity contribution in [2.75, 3.05) is 5.32 Å². The van der Waals surface area contributed by atoms with Crippen molar-refractivity contribution < 1.29 is 13.2 Å². The third-order valence-corrected chi connectivity index (χ3v) is 3.04. The van der Waals surface area contributed by atoms with Crippen LogP contribution in [0.15, 0.2) is 41.0 Å². The van der Waals surface area contributed by atoms with E-state index < -0.39 is 11.7 Å². The van der Waals surface area contributed by atoms with Crippen LogP contribution >= 0.6 is 15.9 Å². The van der Waals surface area contributed by atoms with Crippen molar-refractivity contribution in [3.63, 3.8) is 0 Å². The first kappa shape index (κ1) is 13.8. The van der Waals surface area contributed by atoms with Crippen LogP contribution in [0.3, 0.4) is 0 Å². The molecule has 0 bridgehead atoms. The van der Waals surface area contributed by atoms with Gasteiger partial charge in [-0.25, -0.2) is 0 Å². The molecule has 19 heavy (non-hydrogen) atoms. The van der Waals surface area contributed by atoms with E-state index in [2.05, 4.69) is 31.4 Å². The summed E-state index contributed by atoms with van der Waals surface area (Å²) in [6.07, 6.45) is -2.79. The summed E-state index contributed by atoms with van der Waals surface area (Å²) in [4.78, 5) is 0. The Balaban J connectivity index is 2.10. The quantitative estimate of drug-likeness (QED) is 0.927. The number of nitrogens with one attached hydrogen (secondary N) is 1. The molecule has 0 fully saturated rings. The van der Waals surface area contributed by atoms with Crippen LogP contribution in [0.1, 0.15) is 11.3 Å². The summed E-state index contributed by atoms with van der Waals surface area (Å²) < 4.78 is 37.8. The van der Waals surface area contributed by atoms with Gasteiger partial charge in [-0.3, -0.25) is 0 Å². The third-order valence-electron chi connectivity index (χ3n) is 2.38. The van der Waals surface area contributed by atoms with E-state index in [1.165, 1.54) is 6.07 Å². The second-order valence-electron chi connectivity index (χ2n) is 3.76. The van der Waals surface area contributed by atoms with Crippen molar-refractivity contribution in [1.29, 1.82) is 0 Å². The molecule has 100 valence electrons. The highest BCUT2D eigenvalue weighted by atomic mass is 79.9. The fourth-order valence-electron chi connectivity index (χ4n) is 1.45. The number of anilines is 1. The predicted molar refractivity (Wildman–Crippen MR) is 68.5 cm³/mol. The Morgan fingerprint density at radius 3 is 2.58 bits per heavy atom. The van der Waals surface area contributed by atoms with Crippen LogP contribution < -0.4 is 5.32 Å². The smallest absolute Gasteiger partial charge is 0.378 e. The maximum absolute atomic E-state index is 12.5. The zero-order valence-electron chi connectivity index (χ0n) is 9.58. The molecule has 1 aromatic carbocycles. The van der Waals surface area contributed by atoms with E-state index in [0.717, 1.165) is 12.1 Å². The van der Waals surface area contributed by atoms with E-state index in [1.807, 2.05) is 0 Å². The van der Waals surface area contributed by atoms with E-state index in [9.17, 15) is 13.2 Å². The minimum absolute atomic E-state index is 0.353. The highest BCUT2D eigenvalue weighted by Crippen LogP contribution is 2.33. The number of hydrogen-bond acceptors (Lipinski definition) is 3. The van der Waals surface area contributed by atoms with Crippen LogP contribution in [0.5, 0.6) is 0 Å². The van der Waals surface area contributed by atoms with Crippen LogP contribution in [0, 0.1) is 0 Å². The van der Waals surface area contributed by atoms with Gasteiger partial charge in [-0.05, 0) is 46.3 Å². The lowest BCUT2D eigenvalue weighted by Crippen LogP contribution is -2.06. The van der Waals surface area contributed by atoms with Gasteiger partial charge in [-0.1, -0.05) is 0 Å². The number of alkyl halides is 3. The fourth-order valence-corrected chi connectivity index (χ4v) is 1.97. The van der Waals surface area contributed by atoms with E-state index >= 15 is 0 Å². The molecule has 7 heteroatoms. The first-order chi connectivity index (χ1) is 8.97. The van der Waals surface area contributed by atoms with Gasteiger partial charge in [0.15, 0.2) is 0 Å². The summed E-state index contributed by atoms with van der Waals surface area (Å²) in [5.74, 6) is 0. The zero-order chi connectivity index (χ0) is 13.9. The molecule has 0 amide bonds. The van der Waals surface area contributed by atoms with E-state index in [0.29, 0.717) is 22.4 Å². The lowest BCUT2D eigenvalue weighted by Gasteiger charge is -2.11. The van der Waals surface area contributed by atoms with Crippen LogP contribution in [0.2, 0.25) is 0 Å². The molecule has 1 aromatic heterocycles. The van der Waals surface area contributed by atoms with Crippen LogP contribution in [0.4, 0.5) is 18.9 Å². The molecule has 0 aliphatic rings. The number of nitrogens with zero attached hydrogens (tertiary/aromatic N) is 2. The van der Waals surface area contributed by atoms with Crippen molar-refractivity contribution in [2.24, 2.45) is 0 Å². The van der Waals surface area contributed by atoms with Crippen molar-refractivity contribution in [1.82, 2.24) is 10.2 Å². The number of halogens is 4. The average Bonchev–Trinajstić information content (AvgIpc) is 2.37. The molecular weight excluding hydrogens is 323 g/mol. The third kappa shape index (κ3) is 3.66. The summed E-state index contributed by atoms with van der Waals surface area (Å²) in [5.41, 5.74) is 0.581. The second-order valence-corrected chi connectivity index (χ2v) is 4.62. The molecule has 0 aliphatic carbocycles. The molecule has 1 heterocycles. The standard InChI is InChI=1S/C12H9BrF3N3/c13-10-6-8(12(14,15)16)3-4-11(10)17-7-9-2-1-5-18-19-9/h1-6,17H,7H2. The predicted octanol–water partition coefficient (Wildman–Crippen LogP) is 3.87. The average molecular weight is 332 g/mol. The number of hydrogen-bond donors (Lipinski definition) is 1. The molecule has 0 atom stereocenters. The van der Waals surface area contributed by atoms with E-state index in [1.54, 1.807) is 18.3 Å². The van der Waals surface area contributed by atoms with Crippen molar-refractivity contribution in [3.05, 3.63) is 52.3 Å². The minimum Gasteiger partial charge on any atom is -0.378 e. The molecular formula is C12H9BrF3N3. The van der Waals surface area contributed by atoms with Gasteiger partial charge in [0.05, 0.1) is 17.8 Å². The lowest BCUT2D eigenvalue weighted by atomic mass is 10.2. The van der Waals surface area contributed by atoms with Crippen molar-refractivity contribution >= 4 is 21.6 Å². The molecule has 0 spiro atoms. The monoisotopic (exact) mass is 331 g/mol. The first-order valence-electron chi connectivity index (χ1n) is 5.34. The number of benzene rings is 1. The highest BCUT2D eigenvalue weighted by molar-refractivity contribution is 9.10. The Labute approximate surface area is 116 Å². The molecule has 2 rings (SSSR count). The van der Waals surface area contributed by atoms with E-state index in [-0.39, 0.29) is 0 Å². The van der Waals surface area contributed by atoms with Gasteiger partial charge in [0, 0.05) is 16.4 Å². The molecule has 0 aliphatic heterocycles. The topological polar surface area (TPSA) is 37.8 Å². The molecule has 0 radical (unpaired) electrons. The van der Waals surface area contributed by atoms with Crippen molar-refractivity contribution in [2.45, 2.75) is 12.7 Å². The van der Waals surface area contributed by atoms with Gasteiger partial charge < -0.3 is 5.32 Å². The molecule has 0 unspecified atom stereocenters. The number of aromatic nitrogens is 2. The van der Waals surface area contributed by atoms with E-state index in [4.69, 9.17) is 0 Å². The van der Waals surface area contributed by atoms with Crippen molar-refractivity contribution in [3.8, 4) is 0 Å². The molecule has 2 aromatic rings. The Morgan fingerprint density at radius 2 is 2.00 bits per heavy atom. The minimum atomic E-state index is -4.34. The lowest BCUT2D eigenvalue weighted by molar-refractivity contribution is -0.137. The summed E-state index contributed by atoms with van der Waals surface area (Å²) in [5, 5.41) is 10.6. The zero-order valence-corrected chi connectivity index (χ0v) is 11.2. The van der Waals surface area contributed by atoms with Gasteiger partial charge in [0.1, 0.15) is 0 Å². The summed E-state index contributed by atoms with van der Waals surface area (Å²) in [7, 11) is 0. The van der Waals surface area contributed by atoms with Gasteiger partial charge >= 0.3 is 6.18 Å². The summed E-state index contributed by atoms with van der Waals surface area (Å²) >= 11 is 3.11. The van der Waals surface area contributed by atoms with Gasteiger partial charge in [0.25, 0.3) is 0 Å². The van der Waals surface area contributed by atoms with Crippen LogP contribution in [-0.4, -0.2) is 10.2 Å². The molecule has 3 nitrogen and oxygen atoms in total. The fraction of sp³-hybridized carbons (Fsp3) is 0.167. The highest BCUT2D eigenvalue weighted by Gasteiger charge is 2.30. The molecule has 0 saturated carbocycles. The Hall–Kier alpha value is -1.63. The first-order valence-corrected chi connectivity index (χ1v) is 6.13. The summed E-state index contributed by atoms with van der Waals surface area (Å²) in [6, 6.07) is 6.97. The second kappa shape index (κ2) is 5.56. The molecule has 1 N–H and O–H groups in total. The Kier molecular flexibility index (Phi) is 4.04. The normalized spacial score (nSPS) is 11.4. The largest absolute Gasteiger partial charge is 0.416 e. The Bertz CT molecular complexity index is 558. The maximum Gasteiger partial charge on any atom is 0.416 e. The van der Waals surface area contributed by atoms with Gasteiger partial charge in [-0.15, -0.1) is 0 Å². The Morgan fingerprint density at radius 1 is 1.21 bits per heavy atom. The van der Waals surface area contributed by atoms with Crippen LogP contribution in [-0.2, 0) is 12.7 Å². The summed E-state index contributed by atoms with van der Waals surface area (Å²) in [6.45, 7) is 0.387. The van der Waals surface area contributed by atoms with Gasteiger partial charge in [0.2, 0.25) is 0 Å². The molecule has 0 saturated heterocycles. The van der Waals surface area contributed by atoms with Crippen LogP contribution in [0.25, 0.3) is 0 Å². The number of rotatable bonds is 3. The maximum atomic E-state index is 12.5. The van der Waals surface area contributed by atoms with Gasteiger partial charge in [-0.2, -0.15) is 23.4 Å².